The van der Waals surface area contributed by atoms with Gasteiger partial charge in [0.1, 0.15) is 0 Å². The first-order valence-corrected chi connectivity index (χ1v) is 6.53. The lowest BCUT2D eigenvalue weighted by molar-refractivity contribution is -0.144. The zero-order valence-electron chi connectivity index (χ0n) is 10.4. The third-order valence-corrected chi connectivity index (χ3v) is 4.44. The number of ether oxygens (including phenoxy) is 1. The molecule has 0 aromatic carbocycles. The lowest BCUT2D eigenvalue weighted by atomic mass is 9.61. The molecule has 1 atom stereocenters. The number of hydrogen-bond donors (Lipinski definition) is 1. The molecule has 0 bridgehead atoms. The summed E-state index contributed by atoms with van der Waals surface area (Å²) in [7, 11) is 1.84. The maximum atomic E-state index is 12.5. The van der Waals surface area contributed by atoms with Gasteiger partial charge in [-0.2, -0.15) is 0 Å². The summed E-state index contributed by atoms with van der Waals surface area (Å²) in [5.41, 5.74) is 5.21. The highest BCUT2D eigenvalue weighted by molar-refractivity contribution is 7.80. The number of nitrogens with zero attached hydrogens (tertiary/aromatic N) is 1. The van der Waals surface area contributed by atoms with Crippen molar-refractivity contribution in [2.45, 2.75) is 32.2 Å². The van der Waals surface area contributed by atoms with Gasteiger partial charge in [0, 0.05) is 13.7 Å². The zero-order chi connectivity index (χ0) is 12.6. The molecular formula is C12H20N2O2S. The van der Waals surface area contributed by atoms with E-state index in [0.29, 0.717) is 17.5 Å². The molecule has 2 fully saturated rings. The molecule has 1 saturated carbocycles. The summed E-state index contributed by atoms with van der Waals surface area (Å²) in [5, 5.41) is 0. The van der Waals surface area contributed by atoms with Crippen LogP contribution in [0.2, 0.25) is 0 Å². The van der Waals surface area contributed by atoms with Crippen molar-refractivity contribution in [1.82, 2.24) is 4.90 Å². The van der Waals surface area contributed by atoms with Crippen LogP contribution in [0.25, 0.3) is 0 Å². The first kappa shape index (κ1) is 12.8. The van der Waals surface area contributed by atoms with Crippen molar-refractivity contribution in [3.8, 4) is 0 Å². The van der Waals surface area contributed by atoms with E-state index in [4.69, 9.17) is 22.7 Å². The predicted molar refractivity (Wildman–Crippen MR) is 69.6 cm³/mol. The predicted octanol–water partition coefficient (Wildman–Crippen LogP) is 0.936. The van der Waals surface area contributed by atoms with E-state index in [0.717, 1.165) is 25.9 Å². The van der Waals surface area contributed by atoms with Crippen LogP contribution in [0.4, 0.5) is 0 Å². The van der Waals surface area contributed by atoms with Gasteiger partial charge in [-0.05, 0) is 25.2 Å². The van der Waals surface area contributed by atoms with Crippen LogP contribution < -0.4 is 5.73 Å². The second-order valence-corrected chi connectivity index (χ2v) is 5.83. The molecule has 5 heteroatoms. The van der Waals surface area contributed by atoms with E-state index in [2.05, 4.69) is 6.92 Å². The van der Waals surface area contributed by atoms with Crippen LogP contribution in [0, 0.1) is 11.3 Å². The molecule has 0 spiro atoms. The van der Waals surface area contributed by atoms with Crippen molar-refractivity contribution in [2.24, 2.45) is 17.1 Å². The molecule has 2 aliphatic rings. The summed E-state index contributed by atoms with van der Waals surface area (Å²) in [6.45, 7) is 3.49. The normalized spacial score (nSPS) is 36.4. The van der Waals surface area contributed by atoms with Gasteiger partial charge < -0.3 is 15.4 Å². The Labute approximate surface area is 107 Å². The number of likely N-dealkylation sites (N-methyl/N-ethyl adjacent to an activating group) is 1. The van der Waals surface area contributed by atoms with Gasteiger partial charge in [0.2, 0.25) is 5.91 Å². The fourth-order valence-electron chi connectivity index (χ4n) is 2.94. The molecule has 0 radical (unpaired) electrons. The average molecular weight is 256 g/mol. The largest absolute Gasteiger partial charge is 0.392 e. The van der Waals surface area contributed by atoms with Gasteiger partial charge in [-0.3, -0.25) is 4.79 Å². The maximum absolute atomic E-state index is 12.5. The maximum Gasteiger partial charge on any atom is 0.235 e. The SMILES string of the molecule is CC1CC(C(=O)N(C)C2CCOC2)(C(N)=S)C1. The Morgan fingerprint density at radius 2 is 2.18 bits per heavy atom. The Kier molecular flexibility index (Phi) is 3.41. The molecule has 4 nitrogen and oxygen atoms in total. The molecular weight excluding hydrogens is 236 g/mol. The van der Waals surface area contributed by atoms with Crippen LogP contribution in [-0.4, -0.2) is 42.1 Å². The molecule has 1 unspecified atom stereocenters. The number of thiocarbonyl (C=S) groups is 1. The second-order valence-electron chi connectivity index (χ2n) is 5.39. The highest BCUT2D eigenvalue weighted by Gasteiger charge is 2.52. The van der Waals surface area contributed by atoms with Gasteiger partial charge in [0.25, 0.3) is 0 Å². The summed E-state index contributed by atoms with van der Waals surface area (Å²) < 4.78 is 5.32. The summed E-state index contributed by atoms with van der Waals surface area (Å²) in [4.78, 5) is 14.7. The molecule has 0 aromatic heterocycles. The molecule has 0 aromatic rings. The topological polar surface area (TPSA) is 55.6 Å². The van der Waals surface area contributed by atoms with Gasteiger partial charge in [0.15, 0.2) is 0 Å². The van der Waals surface area contributed by atoms with Crippen LogP contribution >= 0.6 is 12.2 Å². The van der Waals surface area contributed by atoms with E-state index >= 15 is 0 Å². The van der Waals surface area contributed by atoms with Gasteiger partial charge in [0.05, 0.1) is 23.1 Å². The smallest absolute Gasteiger partial charge is 0.235 e. The molecule has 2 rings (SSSR count). The number of rotatable bonds is 3. The minimum absolute atomic E-state index is 0.0820. The van der Waals surface area contributed by atoms with E-state index in [9.17, 15) is 4.79 Å². The molecule has 1 saturated heterocycles. The highest BCUT2D eigenvalue weighted by Crippen LogP contribution is 2.47. The number of carbonyl (C=O) groups is 1. The Morgan fingerprint density at radius 1 is 1.53 bits per heavy atom. The molecule has 1 aliphatic carbocycles. The molecule has 17 heavy (non-hydrogen) atoms. The molecule has 1 heterocycles. The Bertz CT molecular complexity index is 333. The fourth-order valence-corrected chi connectivity index (χ4v) is 3.20. The minimum atomic E-state index is -0.577. The summed E-state index contributed by atoms with van der Waals surface area (Å²) >= 11 is 5.10. The van der Waals surface area contributed by atoms with Crippen LogP contribution in [0.1, 0.15) is 26.2 Å². The van der Waals surface area contributed by atoms with E-state index in [1.165, 1.54) is 0 Å². The quantitative estimate of drug-likeness (QED) is 0.763. The Hall–Kier alpha value is -0.680. The van der Waals surface area contributed by atoms with Crippen LogP contribution in [0.5, 0.6) is 0 Å². The van der Waals surface area contributed by atoms with Crippen LogP contribution in [0.3, 0.4) is 0 Å². The van der Waals surface area contributed by atoms with Crippen LogP contribution in [0.15, 0.2) is 0 Å². The first-order chi connectivity index (χ1) is 7.97. The lowest BCUT2D eigenvalue weighted by Crippen LogP contribution is -2.58. The molecule has 1 amide bonds. The van der Waals surface area contributed by atoms with Crippen molar-refractivity contribution in [3.05, 3.63) is 0 Å². The number of carbonyl (C=O) groups excluding carboxylic acids is 1. The van der Waals surface area contributed by atoms with E-state index < -0.39 is 5.41 Å². The second kappa shape index (κ2) is 4.53. The van der Waals surface area contributed by atoms with Crippen molar-refractivity contribution in [1.29, 1.82) is 0 Å². The minimum Gasteiger partial charge on any atom is -0.392 e. The van der Waals surface area contributed by atoms with Crippen molar-refractivity contribution in [3.63, 3.8) is 0 Å². The molecule has 1 aliphatic heterocycles. The van der Waals surface area contributed by atoms with Crippen molar-refractivity contribution in [2.75, 3.05) is 20.3 Å². The summed E-state index contributed by atoms with van der Waals surface area (Å²) in [6, 6.07) is 0.185. The zero-order valence-corrected chi connectivity index (χ0v) is 11.3. The van der Waals surface area contributed by atoms with Gasteiger partial charge in [-0.15, -0.1) is 0 Å². The van der Waals surface area contributed by atoms with E-state index in [1.807, 2.05) is 7.05 Å². The van der Waals surface area contributed by atoms with Gasteiger partial charge in [-0.1, -0.05) is 19.1 Å². The van der Waals surface area contributed by atoms with Crippen molar-refractivity contribution < 1.29 is 9.53 Å². The number of hydrogen-bond acceptors (Lipinski definition) is 3. The fraction of sp³-hybridized carbons (Fsp3) is 0.833. The third-order valence-electron chi connectivity index (χ3n) is 4.05. The molecule has 96 valence electrons. The Morgan fingerprint density at radius 3 is 2.59 bits per heavy atom. The number of amides is 1. The standard InChI is InChI=1S/C12H20N2O2S/c1-8-5-12(6-8,10(13)17)11(15)14(2)9-3-4-16-7-9/h8-9H,3-7H2,1-2H3,(H2,13,17). The monoisotopic (exact) mass is 256 g/mol. The number of nitrogens with two attached hydrogens (primary N) is 1. The average Bonchev–Trinajstić information content (AvgIpc) is 2.75. The summed E-state index contributed by atoms with van der Waals surface area (Å²) in [6.07, 6.45) is 2.49. The van der Waals surface area contributed by atoms with Gasteiger partial charge >= 0.3 is 0 Å². The van der Waals surface area contributed by atoms with Crippen LogP contribution in [-0.2, 0) is 9.53 Å². The molecule has 2 N–H and O–H groups in total. The van der Waals surface area contributed by atoms with E-state index in [-0.39, 0.29) is 11.9 Å². The van der Waals surface area contributed by atoms with E-state index in [1.54, 1.807) is 4.90 Å². The first-order valence-electron chi connectivity index (χ1n) is 6.12. The third kappa shape index (κ3) is 2.06. The lowest BCUT2D eigenvalue weighted by Gasteiger charge is -2.46. The Balaban J connectivity index is 2.09. The highest BCUT2D eigenvalue weighted by atomic mass is 32.1. The van der Waals surface area contributed by atoms with Gasteiger partial charge in [-0.25, -0.2) is 0 Å². The van der Waals surface area contributed by atoms with Crippen molar-refractivity contribution >= 4 is 23.1 Å². The summed E-state index contributed by atoms with van der Waals surface area (Å²) in [5.74, 6) is 0.618.